The predicted molar refractivity (Wildman–Crippen MR) is 110 cm³/mol. The first-order chi connectivity index (χ1) is 13.2. The molecule has 3 rings (SSSR count). The van der Waals surface area contributed by atoms with E-state index >= 15 is 0 Å². The van der Waals surface area contributed by atoms with Gasteiger partial charge in [0.1, 0.15) is 10.7 Å². The Balaban J connectivity index is 2.29. The van der Waals surface area contributed by atoms with Crippen LogP contribution in [0.25, 0.3) is 10.9 Å². The molecule has 8 heteroatoms. The van der Waals surface area contributed by atoms with Crippen molar-refractivity contribution in [3.63, 3.8) is 0 Å². The van der Waals surface area contributed by atoms with Crippen LogP contribution in [0, 0.1) is 5.82 Å². The van der Waals surface area contributed by atoms with E-state index in [1.807, 2.05) is 18.7 Å². The van der Waals surface area contributed by atoms with Crippen LogP contribution in [-0.4, -0.2) is 26.1 Å². The Hall–Kier alpha value is -2.38. The normalized spacial score (nSPS) is 11.8. The van der Waals surface area contributed by atoms with Crippen molar-refractivity contribution in [1.29, 1.82) is 0 Å². The number of hydrogen-bond donors (Lipinski definition) is 0. The van der Waals surface area contributed by atoms with Gasteiger partial charge >= 0.3 is 0 Å². The molecule has 0 saturated heterocycles. The van der Waals surface area contributed by atoms with Gasteiger partial charge in [-0.1, -0.05) is 17.7 Å². The van der Waals surface area contributed by atoms with Crippen LogP contribution in [0.15, 0.2) is 57.2 Å². The average Bonchev–Trinajstić information content (AvgIpc) is 2.66. The molecule has 0 radical (unpaired) electrons. The largest absolute Gasteiger partial charge is 0.370 e. The van der Waals surface area contributed by atoms with Crippen LogP contribution in [0.1, 0.15) is 13.8 Å². The lowest BCUT2D eigenvalue weighted by atomic mass is 10.1. The highest BCUT2D eigenvalue weighted by molar-refractivity contribution is 7.91. The first kappa shape index (κ1) is 20.4. The highest BCUT2D eigenvalue weighted by Gasteiger charge is 2.24. The Morgan fingerprint density at radius 2 is 1.82 bits per heavy atom. The zero-order chi connectivity index (χ0) is 20.6. The Labute approximate surface area is 167 Å². The number of benzene rings is 2. The second-order valence-electron chi connectivity index (χ2n) is 6.39. The fraction of sp³-hybridized carbons (Fsp3) is 0.250. The van der Waals surface area contributed by atoms with Crippen molar-refractivity contribution in [2.24, 2.45) is 7.05 Å². The third-order valence-electron chi connectivity index (χ3n) is 4.72. The van der Waals surface area contributed by atoms with Gasteiger partial charge in [-0.2, -0.15) is 0 Å². The quantitative estimate of drug-likeness (QED) is 0.623. The molecule has 5 nitrogen and oxygen atoms in total. The van der Waals surface area contributed by atoms with E-state index in [-0.39, 0.29) is 15.3 Å². The van der Waals surface area contributed by atoms with Crippen LogP contribution in [0.2, 0.25) is 5.02 Å². The van der Waals surface area contributed by atoms with Crippen LogP contribution >= 0.6 is 11.6 Å². The number of halogens is 2. The molecule has 1 heterocycles. The molecular formula is C20H20ClFN2O3S. The van der Waals surface area contributed by atoms with Gasteiger partial charge in [0.2, 0.25) is 15.3 Å². The van der Waals surface area contributed by atoms with Gasteiger partial charge in [0, 0.05) is 31.4 Å². The number of nitrogens with zero attached hydrogens (tertiary/aromatic N) is 2. The summed E-state index contributed by atoms with van der Waals surface area (Å²) >= 11 is 5.90. The molecule has 0 fully saturated rings. The minimum absolute atomic E-state index is 0.0130. The molecule has 0 unspecified atom stereocenters. The summed E-state index contributed by atoms with van der Waals surface area (Å²) in [6.07, 6.45) is 1.27. The molecule has 28 heavy (non-hydrogen) atoms. The molecule has 148 valence electrons. The number of pyridine rings is 1. The molecule has 0 saturated carbocycles. The number of aromatic nitrogens is 1. The van der Waals surface area contributed by atoms with Crippen molar-refractivity contribution in [2.75, 3.05) is 18.0 Å². The third-order valence-corrected chi connectivity index (χ3v) is 6.70. The molecule has 2 aromatic carbocycles. The minimum Gasteiger partial charge on any atom is -0.370 e. The van der Waals surface area contributed by atoms with Crippen molar-refractivity contribution in [3.8, 4) is 0 Å². The van der Waals surface area contributed by atoms with Gasteiger partial charge in [0.05, 0.1) is 21.5 Å². The molecule has 1 aromatic heterocycles. The third kappa shape index (κ3) is 3.40. The van der Waals surface area contributed by atoms with Crippen molar-refractivity contribution >= 4 is 38.0 Å². The fourth-order valence-corrected chi connectivity index (χ4v) is 4.92. The monoisotopic (exact) mass is 422 g/mol. The highest BCUT2D eigenvalue weighted by atomic mass is 35.5. The number of hydrogen-bond acceptors (Lipinski definition) is 4. The van der Waals surface area contributed by atoms with Gasteiger partial charge in [-0.15, -0.1) is 0 Å². The maximum absolute atomic E-state index is 14.7. The summed E-state index contributed by atoms with van der Waals surface area (Å²) in [6, 6.07) is 8.39. The van der Waals surface area contributed by atoms with E-state index < -0.39 is 26.0 Å². The first-order valence-corrected chi connectivity index (χ1v) is 10.6. The lowest BCUT2D eigenvalue weighted by Gasteiger charge is -2.22. The molecule has 0 aliphatic rings. The summed E-state index contributed by atoms with van der Waals surface area (Å²) in [6.45, 7) is 5.03. The second-order valence-corrected chi connectivity index (χ2v) is 8.74. The summed E-state index contributed by atoms with van der Waals surface area (Å²) < 4.78 is 42.2. The Morgan fingerprint density at radius 1 is 1.14 bits per heavy atom. The zero-order valence-corrected chi connectivity index (χ0v) is 17.3. The van der Waals surface area contributed by atoms with Crippen molar-refractivity contribution < 1.29 is 12.8 Å². The van der Waals surface area contributed by atoms with Gasteiger partial charge in [0.25, 0.3) is 0 Å². The van der Waals surface area contributed by atoms with Crippen LogP contribution in [0.4, 0.5) is 10.1 Å². The van der Waals surface area contributed by atoms with E-state index in [4.69, 9.17) is 11.6 Å². The number of aryl methyl sites for hydroxylation is 1. The number of rotatable bonds is 5. The SMILES string of the molecule is CCN(CC)c1cc2c(cc1F)c(=O)c(S(=O)(=O)c1cccc(Cl)c1)cn2C. The summed E-state index contributed by atoms with van der Waals surface area (Å²) in [7, 11) is -2.48. The fourth-order valence-electron chi connectivity index (χ4n) is 3.22. The highest BCUT2D eigenvalue weighted by Crippen LogP contribution is 2.27. The molecular weight excluding hydrogens is 403 g/mol. The molecule has 0 spiro atoms. The molecule has 3 aromatic rings. The number of fused-ring (bicyclic) bond motifs is 1. The number of sulfone groups is 1. The lowest BCUT2D eigenvalue weighted by Crippen LogP contribution is -2.24. The Morgan fingerprint density at radius 3 is 2.43 bits per heavy atom. The van der Waals surface area contributed by atoms with E-state index in [9.17, 15) is 17.6 Å². The van der Waals surface area contributed by atoms with Gasteiger partial charge in [-0.25, -0.2) is 12.8 Å². The zero-order valence-electron chi connectivity index (χ0n) is 15.7. The Kier molecular flexibility index (Phi) is 5.50. The van der Waals surface area contributed by atoms with Crippen molar-refractivity contribution in [1.82, 2.24) is 4.57 Å². The molecule has 0 atom stereocenters. The van der Waals surface area contributed by atoms with E-state index in [1.54, 1.807) is 19.2 Å². The second kappa shape index (κ2) is 7.56. The van der Waals surface area contributed by atoms with Crippen molar-refractivity contribution in [3.05, 3.63) is 63.7 Å². The van der Waals surface area contributed by atoms with Gasteiger partial charge < -0.3 is 9.47 Å². The first-order valence-electron chi connectivity index (χ1n) is 8.79. The lowest BCUT2D eigenvalue weighted by molar-refractivity contribution is 0.594. The van der Waals surface area contributed by atoms with Gasteiger partial charge in [-0.05, 0) is 44.2 Å². The minimum atomic E-state index is -4.11. The molecule has 0 bridgehead atoms. The summed E-state index contributed by atoms with van der Waals surface area (Å²) in [4.78, 5) is 14.3. The molecule has 0 amide bonds. The summed E-state index contributed by atoms with van der Waals surface area (Å²) in [5.41, 5.74) is 0.0920. The maximum Gasteiger partial charge on any atom is 0.211 e. The molecule has 0 aliphatic heterocycles. The topological polar surface area (TPSA) is 59.4 Å². The smallest absolute Gasteiger partial charge is 0.211 e. The van der Waals surface area contributed by atoms with Crippen LogP contribution < -0.4 is 10.3 Å². The van der Waals surface area contributed by atoms with Crippen LogP contribution in [-0.2, 0) is 16.9 Å². The van der Waals surface area contributed by atoms with Crippen LogP contribution in [0.5, 0.6) is 0 Å². The summed E-state index contributed by atoms with van der Waals surface area (Å²) in [5.74, 6) is -0.564. The maximum atomic E-state index is 14.7. The van der Waals surface area contributed by atoms with E-state index in [1.165, 1.54) is 29.0 Å². The van der Waals surface area contributed by atoms with Gasteiger partial charge in [0.15, 0.2) is 0 Å². The van der Waals surface area contributed by atoms with E-state index in [2.05, 4.69) is 0 Å². The van der Waals surface area contributed by atoms with E-state index in [0.29, 0.717) is 24.3 Å². The summed E-state index contributed by atoms with van der Waals surface area (Å²) in [5, 5.41) is 0.257. The average molecular weight is 423 g/mol. The van der Waals surface area contributed by atoms with E-state index in [0.717, 1.165) is 6.07 Å². The van der Waals surface area contributed by atoms with Crippen LogP contribution in [0.3, 0.4) is 0 Å². The standard InChI is InChI=1S/C20H20ClFN2O3S/c1-4-24(5-2)18-11-17-15(10-16(18)22)20(25)19(12-23(17)3)28(26,27)14-8-6-7-13(21)9-14/h6-12H,4-5H2,1-3H3. The predicted octanol–water partition coefficient (Wildman–Crippen LogP) is 4.01. The number of anilines is 1. The molecule has 0 N–H and O–H groups in total. The molecule has 0 aliphatic carbocycles. The van der Waals surface area contributed by atoms with Crippen molar-refractivity contribution in [2.45, 2.75) is 23.6 Å². The van der Waals surface area contributed by atoms with Gasteiger partial charge in [-0.3, -0.25) is 4.79 Å². The Bertz CT molecular complexity index is 1220.